The monoisotopic (exact) mass is 273 g/mol. The summed E-state index contributed by atoms with van der Waals surface area (Å²) in [5, 5.41) is 3.85. The molecule has 4 fully saturated rings. The van der Waals surface area contributed by atoms with Crippen LogP contribution in [-0.2, 0) is 0 Å². The molecular formula is C18H27NO. The minimum absolute atomic E-state index is 0.327. The Balaban J connectivity index is 1.49. The van der Waals surface area contributed by atoms with Crippen LogP contribution in [0.25, 0.3) is 0 Å². The lowest BCUT2D eigenvalue weighted by Crippen LogP contribution is -2.55. The van der Waals surface area contributed by atoms with Crippen molar-refractivity contribution >= 4 is 0 Å². The summed E-state index contributed by atoms with van der Waals surface area (Å²) < 4.78 is 5.55. The van der Waals surface area contributed by atoms with Gasteiger partial charge in [0.05, 0.1) is 12.3 Å². The van der Waals surface area contributed by atoms with Crippen LogP contribution in [0.3, 0.4) is 0 Å². The van der Waals surface area contributed by atoms with Crippen molar-refractivity contribution in [2.75, 3.05) is 0 Å². The van der Waals surface area contributed by atoms with Crippen molar-refractivity contribution in [3.8, 4) is 0 Å². The van der Waals surface area contributed by atoms with Gasteiger partial charge in [-0.05, 0) is 87.7 Å². The first-order valence-corrected chi connectivity index (χ1v) is 8.44. The van der Waals surface area contributed by atoms with Crippen LogP contribution in [0.15, 0.2) is 22.8 Å². The molecule has 110 valence electrons. The quantitative estimate of drug-likeness (QED) is 0.871. The Morgan fingerprint density at radius 3 is 2.20 bits per heavy atom. The van der Waals surface area contributed by atoms with E-state index < -0.39 is 0 Å². The van der Waals surface area contributed by atoms with Gasteiger partial charge < -0.3 is 9.73 Å². The van der Waals surface area contributed by atoms with E-state index in [1.165, 1.54) is 38.5 Å². The fourth-order valence-corrected chi connectivity index (χ4v) is 5.88. The largest absolute Gasteiger partial charge is 0.468 e. The van der Waals surface area contributed by atoms with Crippen LogP contribution in [0.2, 0.25) is 0 Å². The zero-order chi connectivity index (χ0) is 13.7. The Labute approximate surface area is 122 Å². The molecule has 4 saturated carbocycles. The van der Waals surface area contributed by atoms with Gasteiger partial charge in [0.1, 0.15) is 5.76 Å². The van der Waals surface area contributed by atoms with E-state index >= 15 is 0 Å². The zero-order valence-corrected chi connectivity index (χ0v) is 12.8. The smallest absolute Gasteiger partial charge is 0.120 e. The summed E-state index contributed by atoms with van der Waals surface area (Å²) >= 11 is 0. The SMILES string of the molecule is CC(N[C@H](C)c1ccco1)C12CC3CC(CC(C3)C1)C2. The Morgan fingerprint density at radius 1 is 1.10 bits per heavy atom. The highest BCUT2D eigenvalue weighted by Gasteiger charge is 2.53. The van der Waals surface area contributed by atoms with E-state index in [1.807, 2.05) is 6.07 Å². The highest BCUT2D eigenvalue weighted by Crippen LogP contribution is 2.61. The standard InChI is InChI=1S/C18H27NO/c1-12(17-4-3-5-20-17)19-13(2)18-9-14-6-15(10-18)8-16(7-14)11-18/h3-5,12-16,19H,6-11H2,1-2H3/t12-,13?,14?,15?,16?,18?/m1/s1. The fraction of sp³-hybridized carbons (Fsp3) is 0.778. The van der Waals surface area contributed by atoms with E-state index in [1.54, 1.807) is 6.26 Å². The third-order valence-electron chi connectivity index (χ3n) is 6.47. The fourth-order valence-electron chi connectivity index (χ4n) is 5.88. The molecule has 2 nitrogen and oxygen atoms in total. The first-order chi connectivity index (χ1) is 9.64. The van der Waals surface area contributed by atoms with Crippen molar-refractivity contribution < 1.29 is 4.42 Å². The molecule has 0 spiro atoms. The van der Waals surface area contributed by atoms with Crippen molar-refractivity contribution in [3.63, 3.8) is 0 Å². The average Bonchev–Trinajstić information content (AvgIpc) is 2.90. The van der Waals surface area contributed by atoms with Crippen LogP contribution in [-0.4, -0.2) is 6.04 Å². The number of hydrogen-bond acceptors (Lipinski definition) is 2. The van der Waals surface area contributed by atoms with Crippen molar-refractivity contribution in [1.82, 2.24) is 5.32 Å². The van der Waals surface area contributed by atoms with Gasteiger partial charge in [-0.3, -0.25) is 0 Å². The van der Waals surface area contributed by atoms with E-state index in [0.717, 1.165) is 23.5 Å². The second kappa shape index (κ2) is 4.62. The molecule has 0 radical (unpaired) electrons. The minimum Gasteiger partial charge on any atom is -0.468 e. The number of rotatable bonds is 4. The predicted molar refractivity (Wildman–Crippen MR) is 80.3 cm³/mol. The van der Waals surface area contributed by atoms with Gasteiger partial charge in [-0.15, -0.1) is 0 Å². The van der Waals surface area contributed by atoms with E-state index in [2.05, 4.69) is 25.2 Å². The molecule has 2 atom stereocenters. The lowest BCUT2D eigenvalue weighted by molar-refractivity contribution is -0.0722. The number of furan rings is 1. The molecule has 4 aliphatic rings. The molecular weight excluding hydrogens is 246 g/mol. The van der Waals surface area contributed by atoms with Crippen LogP contribution >= 0.6 is 0 Å². The van der Waals surface area contributed by atoms with Gasteiger partial charge in [0.2, 0.25) is 0 Å². The molecule has 1 aromatic heterocycles. The van der Waals surface area contributed by atoms with Crippen molar-refractivity contribution in [1.29, 1.82) is 0 Å². The molecule has 0 amide bonds. The third kappa shape index (κ3) is 2.04. The van der Waals surface area contributed by atoms with Gasteiger partial charge in [-0.25, -0.2) is 0 Å². The Kier molecular flexibility index (Phi) is 2.99. The van der Waals surface area contributed by atoms with Crippen LogP contribution in [0.1, 0.15) is 64.2 Å². The van der Waals surface area contributed by atoms with Crippen LogP contribution in [0, 0.1) is 23.2 Å². The lowest BCUT2D eigenvalue weighted by atomic mass is 9.48. The molecule has 2 heteroatoms. The maximum absolute atomic E-state index is 5.55. The number of hydrogen-bond donors (Lipinski definition) is 1. The van der Waals surface area contributed by atoms with Gasteiger partial charge in [0, 0.05) is 6.04 Å². The summed E-state index contributed by atoms with van der Waals surface area (Å²) in [7, 11) is 0. The predicted octanol–water partition coefficient (Wildman–Crippen LogP) is 4.54. The van der Waals surface area contributed by atoms with Crippen molar-refractivity contribution in [3.05, 3.63) is 24.2 Å². The van der Waals surface area contributed by atoms with Crippen molar-refractivity contribution in [2.24, 2.45) is 23.2 Å². The summed E-state index contributed by atoms with van der Waals surface area (Å²) in [6.07, 6.45) is 10.8. The summed E-state index contributed by atoms with van der Waals surface area (Å²) in [5.74, 6) is 4.17. The van der Waals surface area contributed by atoms with Crippen LogP contribution < -0.4 is 5.32 Å². The maximum atomic E-state index is 5.55. The van der Waals surface area contributed by atoms with E-state index in [0.29, 0.717) is 17.5 Å². The molecule has 20 heavy (non-hydrogen) atoms. The van der Waals surface area contributed by atoms with Gasteiger partial charge in [-0.1, -0.05) is 0 Å². The molecule has 5 rings (SSSR count). The van der Waals surface area contributed by atoms with Gasteiger partial charge >= 0.3 is 0 Å². The van der Waals surface area contributed by atoms with Crippen LogP contribution in [0.5, 0.6) is 0 Å². The summed E-state index contributed by atoms with van der Waals surface area (Å²) in [6, 6.07) is 5.01. The average molecular weight is 273 g/mol. The summed E-state index contributed by atoms with van der Waals surface area (Å²) in [5.41, 5.74) is 0.579. The molecule has 1 unspecified atom stereocenters. The van der Waals surface area contributed by atoms with E-state index in [-0.39, 0.29) is 0 Å². The molecule has 0 aliphatic heterocycles. The molecule has 1 N–H and O–H groups in total. The van der Waals surface area contributed by atoms with E-state index in [9.17, 15) is 0 Å². The first kappa shape index (κ1) is 12.9. The van der Waals surface area contributed by atoms with Crippen molar-refractivity contribution in [2.45, 2.75) is 64.5 Å². The molecule has 0 saturated heterocycles. The summed E-state index contributed by atoms with van der Waals surface area (Å²) in [6.45, 7) is 4.66. The molecule has 4 bridgehead atoms. The molecule has 1 aromatic rings. The Hall–Kier alpha value is -0.760. The topological polar surface area (TPSA) is 25.2 Å². The second-order valence-electron chi connectivity index (χ2n) is 7.91. The van der Waals surface area contributed by atoms with Gasteiger partial charge in [0.15, 0.2) is 0 Å². The highest BCUT2D eigenvalue weighted by molar-refractivity contribution is 5.08. The number of nitrogens with one attached hydrogen (secondary N) is 1. The molecule has 0 aromatic carbocycles. The van der Waals surface area contributed by atoms with E-state index in [4.69, 9.17) is 4.42 Å². The lowest BCUT2D eigenvalue weighted by Gasteiger charge is -2.59. The maximum Gasteiger partial charge on any atom is 0.120 e. The Bertz CT molecular complexity index is 428. The minimum atomic E-state index is 0.327. The zero-order valence-electron chi connectivity index (χ0n) is 12.8. The highest BCUT2D eigenvalue weighted by atomic mass is 16.3. The molecule has 4 aliphatic carbocycles. The normalized spacial score (nSPS) is 41.8. The third-order valence-corrected chi connectivity index (χ3v) is 6.47. The van der Waals surface area contributed by atoms with Crippen LogP contribution in [0.4, 0.5) is 0 Å². The Morgan fingerprint density at radius 2 is 1.70 bits per heavy atom. The molecule has 1 heterocycles. The first-order valence-electron chi connectivity index (χ1n) is 8.44. The summed E-state index contributed by atoms with van der Waals surface area (Å²) in [4.78, 5) is 0. The van der Waals surface area contributed by atoms with Gasteiger partial charge in [0.25, 0.3) is 0 Å². The second-order valence-corrected chi connectivity index (χ2v) is 7.91. The van der Waals surface area contributed by atoms with Gasteiger partial charge in [-0.2, -0.15) is 0 Å².